The average Bonchev–Trinajstić information content (AvgIpc) is 0.690. The number of nitrogens with zero attached hydrogens (tertiary/aromatic N) is 2. The maximum absolute atomic E-state index is 2.61. The lowest BCUT2D eigenvalue weighted by Gasteiger charge is -2.50. The molecule has 0 radical (unpaired) electrons. The number of benzene rings is 16. The molecule has 486 valence electrons. The smallest absolute Gasteiger partial charge is 0.0544 e. The van der Waals surface area contributed by atoms with Gasteiger partial charge in [0.05, 0.1) is 34.1 Å². The SMILES string of the molecule is CC1(C)c2cc(-c3cccc4ccccc34)ccc2N2c3ccc(-c4cccc5ccccc45)cc3C(C)(C)c3cc(-c4ccc(-c5ccc(-c6cc7c8c(c6)C(C)(C)c6cc(-c9cccc%10ccccc9%10)ccc6N8c6ccc(-c8cccc9ccccc89)cc6C7(C)C)cc5)cc4)cc1c32. The van der Waals surface area contributed by atoms with E-state index in [1.54, 1.807) is 0 Å². The second-order valence-electron chi connectivity index (χ2n) is 31.2. The summed E-state index contributed by atoms with van der Waals surface area (Å²) in [6.45, 7) is 19.6. The molecular formula is C100H76N2. The van der Waals surface area contributed by atoms with Crippen LogP contribution in [-0.2, 0) is 21.7 Å². The van der Waals surface area contributed by atoms with Gasteiger partial charge in [-0.15, -0.1) is 0 Å². The van der Waals surface area contributed by atoms with Crippen molar-refractivity contribution < 1.29 is 0 Å². The van der Waals surface area contributed by atoms with E-state index < -0.39 is 0 Å². The minimum absolute atomic E-state index is 0.344. The number of fused-ring (bicyclic) bond motifs is 12. The molecule has 0 aliphatic carbocycles. The predicted molar refractivity (Wildman–Crippen MR) is 432 cm³/mol. The van der Waals surface area contributed by atoms with Gasteiger partial charge >= 0.3 is 0 Å². The summed E-state index contributed by atoms with van der Waals surface area (Å²) in [5.41, 5.74) is 34.1. The van der Waals surface area contributed by atoms with Crippen molar-refractivity contribution in [1.29, 1.82) is 0 Å². The lowest BCUT2D eigenvalue weighted by molar-refractivity contribution is 0.597. The lowest BCUT2D eigenvalue weighted by Crippen LogP contribution is -2.38. The Labute approximate surface area is 598 Å². The van der Waals surface area contributed by atoms with Crippen molar-refractivity contribution in [1.82, 2.24) is 0 Å². The van der Waals surface area contributed by atoms with Crippen LogP contribution in [-0.4, -0.2) is 0 Å². The Bertz CT molecular complexity index is 5520. The van der Waals surface area contributed by atoms with Crippen LogP contribution in [0.25, 0.3) is 121 Å². The van der Waals surface area contributed by atoms with Crippen LogP contribution >= 0.6 is 0 Å². The van der Waals surface area contributed by atoms with E-state index >= 15 is 0 Å². The summed E-state index contributed by atoms with van der Waals surface area (Å²) in [7, 11) is 0. The van der Waals surface area contributed by atoms with Crippen molar-refractivity contribution in [2.75, 3.05) is 9.80 Å². The Morgan fingerprint density at radius 1 is 0.176 bits per heavy atom. The Balaban J connectivity index is 0.692. The maximum atomic E-state index is 2.61. The van der Waals surface area contributed by atoms with Crippen molar-refractivity contribution >= 4 is 77.2 Å². The van der Waals surface area contributed by atoms with Crippen LogP contribution in [0.1, 0.15) is 99.9 Å². The van der Waals surface area contributed by atoms with Crippen LogP contribution in [0.4, 0.5) is 34.1 Å². The van der Waals surface area contributed by atoms with Crippen LogP contribution in [0.15, 0.2) is 315 Å². The molecule has 16 aromatic carbocycles. The third-order valence-electron chi connectivity index (χ3n) is 24.2. The molecule has 0 bridgehead atoms. The van der Waals surface area contributed by atoms with Crippen LogP contribution in [0, 0.1) is 0 Å². The average molecular weight is 1310 g/mol. The van der Waals surface area contributed by atoms with E-state index in [9.17, 15) is 0 Å². The topological polar surface area (TPSA) is 6.48 Å². The highest BCUT2D eigenvalue weighted by Crippen LogP contribution is 2.64. The first-order chi connectivity index (χ1) is 49.6. The maximum Gasteiger partial charge on any atom is 0.0544 e. The summed E-state index contributed by atoms with van der Waals surface area (Å²) in [5.74, 6) is 0. The van der Waals surface area contributed by atoms with Gasteiger partial charge in [-0.3, -0.25) is 0 Å². The number of rotatable bonds is 7. The van der Waals surface area contributed by atoms with Gasteiger partial charge in [0, 0.05) is 21.7 Å². The van der Waals surface area contributed by atoms with Crippen LogP contribution in [0.2, 0.25) is 0 Å². The van der Waals surface area contributed by atoms with E-state index in [1.807, 2.05) is 0 Å². The number of hydrogen-bond acceptors (Lipinski definition) is 2. The molecule has 2 heteroatoms. The molecule has 16 aromatic rings. The van der Waals surface area contributed by atoms with Gasteiger partial charge in [0.2, 0.25) is 0 Å². The van der Waals surface area contributed by atoms with E-state index in [0.29, 0.717) is 0 Å². The van der Waals surface area contributed by atoms with Gasteiger partial charge in [-0.1, -0.05) is 298 Å². The molecule has 4 heterocycles. The van der Waals surface area contributed by atoms with Gasteiger partial charge in [-0.05, 0) is 238 Å². The van der Waals surface area contributed by atoms with Crippen molar-refractivity contribution in [2.45, 2.75) is 77.0 Å². The van der Waals surface area contributed by atoms with E-state index in [1.165, 1.54) is 200 Å². The fraction of sp³-hybridized carbons (Fsp3) is 0.120. The zero-order valence-corrected chi connectivity index (χ0v) is 58.9. The van der Waals surface area contributed by atoms with Gasteiger partial charge in [-0.2, -0.15) is 0 Å². The van der Waals surface area contributed by atoms with Crippen molar-refractivity contribution in [3.05, 3.63) is 360 Å². The van der Waals surface area contributed by atoms with Gasteiger partial charge in [0.15, 0.2) is 0 Å². The molecule has 0 atom stereocenters. The van der Waals surface area contributed by atoms with Crippen molar-refractivity contribution in [3.63, 3.8) is 0 Å². The minimum atomic E-state index is -0.344. The molecule has 0 unspecified atom stereocenters. The Morgan fingerprint density at radius 2 is 0.373 bits per heavy atom. The molecule has 0 amide bonds. The summed E-state index contributed by atoms with van der Waals surface area (Å²) in [6.07, 6.45) is 0. The zero-order chi connectivity index (χ0) is 68.7. The summed E-state index contributed by atoms with van der Waals surface area (Å²) < 4.78 is 0. The Kier molecular flexibility index (Phi) is 12.9. The molecule has 20 rings (SSSR count). The molecule has 0 aromatic heterocycles. The largest absolute Gasteiger partial charge is 0.309 e. The monoisotopic (exact) mass is 1300 g/mol. The molecule has 0 spiro atoms. The van der Waals surface area contributed by atoms with Gasteiger partial charge in [0.25, 0.3) is 0 Å². The quantitative estimate of drug-likeness (QED) is 0.157. The molecule has 2 nitrogen and oxygen atoms in total. The fourth-order valence-electron chi connectivity index (χ4n) is 18.5. The standard InChI is InChI=1S/C100H76N2/c1-97(2)83-53-69(79-33-17-25-65-21-9-13-29-75(65)79)45-49-91(83)101-92-50-46-70(80-34-18-26-66-22-10-14-30-76(66)80)54-84(92)98(3,4)88-58-73(57-87(97)95(88)101)63-41-37-61(38-42-63)62-39-43-64(44-40-62)74-59-89-96-90(60-74)100(7,8)86-56-72(82-36-20-28-68-24-12-16-32-78(68)82)48-52-94(86)102(96)93-51-47-71(55-85(93)99(89,5)6)81-35-19-27-67-23-11-15-31-77(67)81/h9-60H,1-8H3. The molecule has 102 heavy (non-hydrogen) atoms. The van der Waals surface area contributed by atoms with Gasteiger partial charge < -0.3 is 9.80 Å². The second kappa shape index (κ2) is 21.8. The highest BCUT2D eigenvalue weighted by molar-refractivity contribution is 6.05. The summed E-state index contributed by atoms with van der Waals surface area (Å²) >= 11 is 0. The predicted octanol–water partition coefficient (Wildman–Crippen LogP) is 27.5. The molecule has 0 N–H and O–H groups in total. The van der Waals surface area contributed by atoms with E-state index in [0.717, 1.165) is 0 Å². The molecule has 4 aliphatic rings. The molecule has 0 saturated heterocycles. The first kappa shape index (κ1) is 60.1. The van der Waals surface area contributed by atoms with E-state index in [4.69, 9.17) is 0 Å². The highest BCUT2D eigenvalue weighted by atomic mass is 15.2. The van der Waals surface area contributed by atoms with Crippen molar-refractivity contribution in [3.8, 4) is 77.9 Å². The second-order valence-corrected chi connectivity index (χ2v) is 31.2. The minimum Gasteiger partial charge on any atom is -0.309 e. The summed E-state index contributed by atoms with van der Waals surface area (Å²) in [6, 6.07) is 120. The number of hydrogen-bond donors (Lipinski definition) is 0. The molecule has 0 fully saturated rings. The van der Waals surface area contributed by atoms with Gasteiger partial charge in [-0.25, -0.2) is 0 Å². The molecule has 4 aliphatic heterocycles. The number of anilines is 6. The van der Waals surface area contributed by atoms with Crippen molar-refractivity contribution in [2.24, 2.45) is 0 Å². The van der Waals surface area contributed by atoms with Gasteiger partial charge in [0.1, 0.15) is 0 Å². The lowest BCUT2D eigenvalue weighted by atomic mass is 9.65. The highest BCUT2D eigenvalue weighted by Gasteiger charge is 2.48. The van der Waals surface area contributed by atoms with Crippen LogP contribution in [0.5, 0.6) is 0 Å². The Morgan fingerprint density at radius 3 is 0.618 bits per heavy atom. The third kappa shape index (κ3) is 8.78. The normalized spacial score (nSPS) is 15.1. The molecule has 0 saturated carbocycles. The van der Waals surface area contributed by atoms with E-state index in [2.05, 4.69) is 381 Å². The van der Waals surface area contributed by atoms with Crippen LogP contribution in [0.3, 0.4) is 0 Å². The zero-order valence-electron chi connectivity index (χ0n) is 58.9. The van der Waals surface area contributed by atoms with Crippen LogP contribution < -0.4 is 9.80 Å². The summed E-state index contributed by atoms with van der Waals surface area (Å²) in [4.78, 5) is 5.23. The fourth-order valence-corrected chi connectivity index (χ4v) is 18.5. The first-order valence-electron chi connectivity index (χ1n) is 36.3. The summed E-state index contributed by atoms with van der Waals surface area (Å²) in [5, 5.41) is 10.1. The third-order valence-corrected chi connectivity index (χ3v) is 24.2. The first-order valence-corrected chi connectivity index (χ1v) is 36.3. The molecular weight excluding hydrogens is 1230 g/mol. The Hall–Kier alpha value is -11.8. The van der Waals surface area contributed by atoms with E-state index in [-0.39, 0.29) is 21.7 Å².